The number of carbonyl (C=O) groups is 2. The van der Waals surface area contributed by atoms with Gasteiger partial charge in [0.2, 0.25) is 11.8 Å². The Balaban J connectivity index is 1.45. The van der Waals surface area contributed by atoms with Gasteiger partial charge in [0.25, 0.3) is 0 Å². The molecule has 0 unspecified atom stereocenters. The molecule has 6 heteroatoms. The monoisotopic (exact) mass is 346 g/mol. The van der Waals surface area contributed by atoms with Gasteiger partial charge in [-0.1, -0.05) is 12.1 Å². The number of benzene rings is 1. The summed E-state index contributed by atoms with van der Waals surface area (Å²) in [5, 5.41) is 2.93. The fourth-order valence-electron chi connectivity index (χ4n) is 3.39. The molecule has 2 heterocycles. The summed E-state index contributed by atoms with van der Waals surface area (Å²) in [6, 6.07) is 7.39. The summed E-state index contributed by atoms with van der Waals surface area (Å²) in [5.74, 6) is 0.695. The lowest BCUT2D eigenvalue weighted by atomic mass is 10.2. The zero-order valence-corrected chi connectivity index (χ0v) is 14.7. The summed E-state index contributed by atoms with van der Waals surface area (Å²) >= 11 is 0. The van der Waals surface area contributed by atoms with Gasteiger partial charge in [-0.15, -0.1) is 0 Å². The van der Waals surface area contributed by atoms with Gasteiger partial charge in [0, 0.05) is 26.6 Å². The second-order valence-electron chi connectivity index (χ2n) is 6.68. The Morgan fingerprint density at radius 1 is 1.24 bits per heavy atom. The highest BCUT2D eigenvalue weighted by atomic mass is 16.5. The van der Waals surface area contributed by atoms with Gasteiger partial charge < -0.3 is 19.7 Å². The lowest BCUT2D eigenvalue weighted by Gasteiger charge is -2.22. The van der Waals surface area contributed by atoms with Crippen LogP contribution in [0.5, 0.6) is 5.75 Å². The normalized spacial score (nSPS) is 22.8. The molecule has 1 aromatic carbocycles. The zero-order chi connectivity index (χ0) is 17.6. The molecule has 0 aliphatic carbocycles. The van der Waals surface area contributed by atoms with E-state index in [-0.39, 0.29) is 24.0 Å². The van der Waals surface area contributed by atoms with E-state index in [1.54, 1.807) is 4.90 Å². The summed E-state index contributed by atoms with van der Waals surface area (Å²) in [6.45, 7) is 4.05. The molecule has 25 heavy (non-hydrogen) atoms. The van der Waals surface area contributed by atoms with Gasteiger partial charge in [-0.25, -0.2) is 0 Å². The Kier molecular flexibility index (Phi) is 5.91. The molecule has 0 saturated carbocycles. The number of rotatable bonds is 6. The fourth-order valence-corrected chi connectivity index (χ4v) is 3.39. The van der Waals surface area contributed by atoms with Crippen molar-refractivity contribution >= 4 is 11.8 Å². The van der Waals surface area contributed by atoms with Gasteiger partial charge in [-0.2, -0.15) is 0 Å². The van der Waals surface area contributed by atoms with E-state index in [1.807, 2.05) is 24.3 Å². The number of amides is 2. The molecule has 3 rings (SSSR count). The van der Waals surface area contributed by atoms with Crippen LogP contribution in [-0.4, -0.2) is 48.6 Å². The molecular weight excluding hydrogens is 320 g/mol. The van der Waals surface area contributed by atoms with E-state index in [9.17, 15) is 9.59 Å². The number of hydrogen-bond acceptors (Lipinski definition) is 4. The Morgan fingerprint density at radius 2 is 2.04 bits per heavy atom. The maximum Gasteiger partial charge on any atom is 0.243 e. The molecule has 1 N–H and O–H groups in total. The topological polar surface area (TPSA) is 67.9 Å². The van der Waals surface area contributed by atoms with E-state index in [1.165, 1.54) is 6.92 Å². The van der Waals surface area contributed by atoms with Crippen LogP contribution >= 0.6 is 0 Å². The van der Waals surface area contributed by atoms with Crippen molar-refractivity contribution in [2.75, 3.05) is 19.8 Å². The Hall–Kier alpha value is -2.08. The first-order valence-corrected chi connectivity index (χ1v) is 9.02. The molecule has 0 spiro atoms. The maximum absolute atomic E-state index is 12.3. The highest BCUT2D eigenvalue weighted by Gasteiger charge is 2.31. The molecule has 2 saturated heterocycles. The largest absolute Gasteiger partial charge is 0.491 e. The van der Waals surface area contributed by atoms with Crippen molar-refractivity contribution < 1.29 is 19.1 Å². The van der Waals surface area contributed by atoms with E-state index in [4.69, 9.17) is 9.47 Å². The van der Waals surface area contributed by atoms with Crippen molar-refractivity contribution in [2.45, 2.75) is 51.3 Å². The highest BCUT2D eigenvalue weighted by Crippen LogP contribution is 2.18. The van der Waals surface area contributed by atoms with Crippen LogP contribution in [0.15, 0.2) is 24.3 Å². The quantitative estimate of drug-likeness (QED) is 0.854. The van der Waals surface area contributed by atoms with Crippen LogP contribution in [0.25, 0.3) is 0 Å². The van der Waals surface area contributed by atoms with Crippen molar-refractivity contribution in [3.63, 3.8) is 0 Å². The fraction of sp³-hybridized carbons (Fsp3) is 0.579. The predicted molar refractivity (Wildman–Crippen MR) is 93.2 cm³/mol. The third-order valence-electron chi connectivity index (χ3n) is 4.81. The van der Waals surface area contributed by atoms with Gasteiger partial charge in [0.15, 0.2) is 0 Å². The van der Waals surface area contributed by atoms with Crippen molar-refractivity contribution in [2.24, 2.45) is 0 Å². The number of nitrogens with zero attached hydrogens (tertiary/aromatic N) is 1. The van der Waals surface area contributed by atoms with Gasteiger partial charge >= 0.3 is 0 Å². The molecule has 0 radical (unpaired) electrons. The molecule has 2 amide bonds. The second kappa shape index (κ2) is 8.34. The first-order valence-electron chi connectivity index (χ1n) is 9.02. The van der Waals surface area contributed by atoms with Crippen LogP contribution < -0.4 is 10.1 Å². The highest BCUT2D eigenvalue weighted by molar-refractivity contribution is 5.87. The summed E-state index contributed by atoms with van der Waals surface area (Å²) in [4.78, 5) is 25.5. The third-order valence-corrected chi connectivity index (χ3v) is 4.81. The van der Waals surface area contributed by atoms with Gasteiger partial charge in [0.05, 0.1) is 6.10 Å². The van der Waals surface area contributed by atoms with Crippen LogP contribution in [0, 0.1) is 0 Å². The zero-order valence-electron chi connectivity index (χ0n) is 14.7. The van der Waals surface area contributed by atoms with E-state index in [0.717, 1.165) is 43.6 Å². The van der Waals surface area contributed by atoms with E-state index < -0.39 is 0 Å². The van der Waals surface area contributed by atoms with Crippen LogP contribution in [-0.2, 0) is 20.9 Å². The SMILES string of the molecule is CC(=O)N1CCC[C@H]1C(=O)NCc1ccc(OC[C@@H]2CCCO2)cc1. The van der Waals surface area contributed by atoms with Crippen LogP contribution in [0.2, 0.25) is 0 Å². The average Bonchev–Trinajstić information content (AvgIpc) is 3.30. The van der Waals surface area contributed by atoms with Crippen molar-refractivity contribution in [1.82, 2.24) is 10.2 Å². The first-order chi connectivity index (χ1) is 12.1. The van der Waals surface area contributed by atoms with Crippen molar-refractivity contribution in [3.05, 3.63) is 29.8 Å². The maximum atomic E-state index is 12.3. The third kappa shape index (κ3) is 4.72. The van der Waals surface area contributed by atoms with Crippen molar-refractivity contribution in [1.29, 1.82) is 0 Å². The van der Waals surface area contributed by atoms with Gasteiger partial charge in [0.1, 0.15) is 18.4 Å². The van der Waals surface area contributed by atoms with E-state index in [2.05, 4.69) is 5.32 Å². The molecular formula is C19H26N2O4. The summed E-state index contributed by atoms with van der Waals surface area (Å²) < 4.78 is 11.3. The smallest absolute Gasteiger partial charge is 0.243 e. The number of likely N-dealkylation sites (tertiary alicyclic amines) is 1. The molecule has 2 fully saturated rings. The molecule has 2 aliphatic heterocycles. The predicted octanol–water partition coefficient (Wildman–Crippen LogP) is 1.87. The Morgan fingerprint density at radius 3 is 2.72 bits per heavy atom. The van der Waals surface area contributed by atoms with Gasteiger partial charge in [-0.05, 0) is 43.4 Å². The number of hydrogen-bond donors (Lipinski definition) is 1. The standard InChI is InChI=1S/C19H26N2O4/c1-14(22)21-10-2-5-18(21)19(23)20-12-15-6-8-16(9-7-15)25-13-17-4-3-11-24-17/h6-9,17-18H,2-5,10-13H2,1H3,(H,20,23)/t17-,18-/m0/s1. The van der Waals surface area contributed by atoms with Crippen LogP contribution in [0.1, 0.15) is 38.2 Å². The summed E-state index contributed by atoms with van der Waals surface area (Å²) in [7, 11) is 0. The van der Waals surface area contributed by atoms with Gasteiger partial charge in [-0.3, -0.25) is 9.59 Å². The second-order valence-corrected chi connectivity index (χ2v) is 6.68. The lowest BCUT2D eigenvalue weighted by Crippen LogP contribution is -2.44. The summed E-state index contributed by atoms with van der Waals surface area (Å²) in [5.41, 5.74) is 1.00. The molecule has 0 bridgehead atoms. The van der Waals surface area contributed by atoms with Crippen LogP contribution in [0.4, 0.5) is 0 Å². The first kappa shape index (κ1) is 17.7. The summed E-state index contributed by atoms with van der Waals surface area (Å²) in [6.07, 6.45) is 3.99. The molecule has 6 nitrogen and oxygen atoms in total. The molecule has 0 aromatic heterocycles. The molecule has 2 aliphatic rings. The minimum Gasteiger partial charge on any atom is -0.491 e. The number of carbonyl (C=O) groups excluding carboxylic acids is 2. The minimum atomic E-state index is -0.327. The molecule has 1 aromatic rings. The lowest BCUT2D eigenvalue weighted by molar-refractivity contribution is -0.136. The Labute approximate surface area is 148 Å². The van der Waals surface area contributed by atoms with Crippen LogP contribution in [0.3, 0.4) is 0 Å². The average molecular weight is 346 g/mol. The molecule has 136 valence electrons. The molecule has 2 atom stereocenters. The Bertz CT molecular complexity index is 596. The minimum absolute atomic E-state index is 0.0367. The van der Waals surface area contributed by atoms with E-state index in [0.29, 0.717) is 19.7 Å². The van der Waals surface area contributed by atoms with E-state index >= 15 is 0 Å². The number of ether oxygens (including phenoxy) is 2. The van der Waals surface area contributed by atoms with Crippen molar-refractivity contribution in [3.8, 4) is 5.75 Å². The number of nitrogens with one attached hydrogen (secondary N) is 1.